The van der Waals surface area contributed by atoms with Crippen LogP contribution < -0.4 is 0 Å². The molecule has 2 aromatic rings. The van der Waals surface area contributed by atoms with E-state index in [9.17, 15) is 17.6 Å². The number of nitrogens with zero attached hydrogens (tertiary/aromatic N) is 2. The number of amides is 1. The van der Waals surface area contributed by atoms with Crippen molar-refractivity contribution in [3.8, 4) is 0 Å². The fourth-order valence-corrected chi connectivity index (χ4v) is 5.20. The molecule has 166 valence electrons. The number of halogens is 1. The predicted octanol–water partition coefficient (Wildman–Crippen LogP) is 3.68. The van der Waals surface area contributed by atoms with Gasteiger partial charge in [0.25, 0.3) is 0 Å². The van der Waals surface area contributed by atoms with Crippen molar-refractivity contribution >= 4 is 27.0 Å². The number of carbonyl (C=O) groups excluding carboxylic acids is 1. The third-order valence-corrected chi connectivity index (χ3v) is 6.71. The number of fused-ring (bicyclic) bond motifs is 1. The topological polar surface area (TPSA) is 82.7 Å². The van der Waals surface area contributed by atoms with Crippen LogP contribution in [-0.2, 0) is 14.8 Å². The molecule has 1 N–H and O–H groups in total. The quantitative estimate of drug-likeness (QED) is 0.770. The lowest BCUT2D eigenvalue weighted by Gasteiger charge is -2.27. The van der Waals surface area contributed by atoms with Crippen LogP contribution in [0.1, 0.15) is 45.1 Å². The van der Waals surface area contributed by atoms with Crippen molar-refractivity contribution in [3.63, 3.8) is 0 Å². The first-order valence-electron chi connectivity index (χ1n) is 10.0. The second kappa shape index (κ2) is 8.19. The lowest BCUT2D eigenvalue weighted by Crippen LogP contribution is -2.39. The molecule has 1 aromatic carbocycles. The van der Waals surface area contributed by atoms with Gasteiger partial charge in [0, 0.05) is 49.2 Å². The number of hydrogen-bond donors (Lipinski definition) is 1. The Balaban J connectivity index is 1.74. The monoisotopic (exact) mass is 439 g/mol. The maximum absolute atomic E-state index is 13.5. The normalized spacial score (nSPS) is 20.6. The Labute approximate surface area is 177 Å². The van der Waals surface area contributed by atoms with Crippen molar-refractivity contribution in [2.24, 2.45) is 0 Å². The minimum atomic E-state index is -3.40. The molecule has 1 aliphatic heterocycles. The molecule has 2 unspecified atom stereocenters. The van der Waals surface area contributed by atoms with Gasteiger partial charge in [-0.15, -0.1) is 0 Å². The molecule has 1 saturated heterocycles. The number of hydrogen-bond acceptors (Lipinski definition) is 4. The summed E-state index contributed by atoms with van der Waals surface area (Å²) in [7, 11) is -1.75. The molecule has 0 aliphatic carbocycles. The molecule has 0 saturated carbocycles. The first-order chi connectivity index (χ1) is 13.8. The van der Waals surface area contributed by atoms with Gasteiger partial charge in [0.1, 0.15) is 11.4 Å². The van der Waals surface area contributed by atoms with Crippen LogP contribution in [0.25, 0.3) is 10.9 Å². The molecule has 2 atom stereocenters. The van der Waals surface area contributed by atoms with Crippen LogP contribution in [0.2, 0.25) is 0 Å². The maximum Gasteiger partial charge on any atom is 0.410 e. The number of ether oxygens (including phenoxy) is 1. The molecule has 9 heteroatoms. The lowest BCUT2D eigenvalue weighted by atomic mass is 9.95. The zero-order valence-corrected chi connectivity index (χ0v) is 18.9. The predicted molar refractivity (Wildman–Crippen MR) is 114 cm³/mol. The van der Waals surface area contributed by atoms with Crippen molar-refractivity contribution in [1.29, 1.82) is 0 Å². The van der Waals surface area contributed by atoms with Crippen LogP contribution in [-0.4, -0.2) is 66.7 Å². The standard InChI is InChI=1S/C21H30FN3O4S/c1-21(2,3)29-20(26)24(4)9-8-16-10-14(13-25(16)30(5,27)28)18-12-23-19-11-15(22)6-7-17(18)19/h6-7,11-12,14,16,23H,8-10,13H2,1-5H3. The maximum atomic E-state index is 13.5. The molecule has 1 amide bonds. The molecule has 1 aromatic heterocycles. The SMILES string of the molecule is CN(CCC1CC(c2c[nH]c3cc(F)ccc23)CN1S(C)(=O)=O)C(=O)OC(C)(C)C. The number of carbonyl (C=O) groups is 1. The second-order valence-corrected chi connectivity index (χ2v) is 11.0. The van der Waals surface area contributed by atoms with Crippen molar-refractivity contribution < 1.29 is 22.3 Å². The summed E-state index contributed by atoms with van der Waals surface area (Å²) in [5, 5.41) is 0.904. The summed E-state index contributed by atoms with van der Waals surface area (Å²) < 4.78 is 45.2. The number of aromatic amines is 1. The van der Waals surface area contributed by atoms with Gasteiger partial charge < -0.3 is 14.6 Å². The van der Waals surface area contributed by atoms with Gasteiger partial charge in [-0.25, -0.2) is 17.6 Å². The molecular weight excluding hydrogens is 409 g/mol. The number of benzene rings is 1. The highest BCUT2D eigenvalue weighted by molar-refractivity contribution is 7.88. The first-order valence-corrected chi connectivity index (χ1v) is 11.9. The van der Waals surface area contributed by atoms with Crippen LogP contribution in [0.15, 0.2) is 24.4 Å². The summed E-state index contributed by atoms with van der Waals surface area (Å²) in [6, 6.07) is 4.36. The Morgan fingerprint density at radius 1 is 1.37 bits per heavy atom. The summed E-state index contributed by atoms with van der Waals surface area (Å²) in [5.74, 6) is -0.320. The van der Waals surface area contributed by atoms with Crippen LogP contribution in [0.5, 0.6) is 0 Å². The Bertz CT molecular complexity index is 1030. The van der Waals surface area contributed by atoms with Crippen molar-refractivity contribution in [1.82, 2.24) is 14.2 Å². The van der Waals surface area contributed by atoms with Gasteiger partial charge in [-0.1, -0.05) is 0 Å². The van der Waals surface area contributed by atoms with Crippen molar-refractivity contribution in [2.75, 3.05) is 26.4 Å². The Morgan fingerprint density at radius 3 is 2.70 bits per heavy atom. The fraction of sp³-hybridized carbons (Fsp3) is 0.571. The highest BCUT2D eigenvalue weighted by Gasteiger charge is 2.39. The van der Waals surface area contributed by atoms with Gasteiger partial charge in [0.15, 0.2) is 0 Å². The molecule has 0 radical (unpaired) electrons. The Morgan fingerprint density at radius 2 is 2.07 bits per heavy atom. The van der Waals surface area contributed by atoms with E-state index in [0.717, 1.165) is 10.9 Å². The van der Waals surface area contributed by atoms with Gasteiger partial charge >= 0.3 is 6.09 Å². The van der Waals surface area contributed by atoms with Gasteiger partial charge in [-0.2, -0.15) is 4.31 Å². The molecular formula is C21H30FN3O4S. The summed E-state index contributed by atoms with van der Waals surface area (Å²) in [6.45, 7) is 6.16. The minimum Gasteiger partial charge on any atom is -0.444 e. The van der Waals surface area contributed by atoms with E-state index in [0.29, 0.717) is 31.4 Å². The van der Waals surface area contributed by atoms with Gasteiger partial charge in [0.05, 0.1) is 6.26 Å². The van der Waals surface area contributed by atoms with E-state index in [1.54, 1.807) is 33.9 Å². The average molecular weight is 440 g/mol. The molecule has 3 rings (SSSR count). The summed E-state index contributed by atoms with van der Waals surface area (Å²) in [4.78, 5) is 16.8. The summed E-state index contributed by atoms with van der Waals surface area (Å²) >= 11 is 0. The van der Waals surface area contributed by atoms with E-state index in [1.807, 2.05) is 6.20 Å². The Kier molecular flexibility index (Phi) is 6.15. The van der Waals surface area contributed by atoms with Crippen molar-refractivity contribution in [2.45, 2.75) is 51.2 Å². The van der Waals surface area contributed by atoms with Crippen molar-refractivity contribution in [3.05, 3.63) is 35.8 Å². The molecule has 1 aliphatic rings. The van der Waals surface area contributed by atoms with E-state index in [1.165, 1.54) is 27.6 Å². The van der Waals surface area contributed by atoms with E-state index in [4.69, 9.17) is 4.74 Å². The first kappa shape index (κ1) is 22.6. The van der Waals surface area contributed by atoms with E-state index in [2.05, 4.69) is 4.98 Å². The smallest absolute Gasteiger partial charge is 0.410 e. The Hall–Kier alpha value is -2.13. The lowest BCUT2D eigenvalue weighted by molar-refractivity contribution is 0.0291. The zero-order valence-electron chi connectivity index (χ0n) is 18.1. The third kappa shape index (κ3) is 5.13. The molecule has 30 heavy (non-hydrogen) atoms. The third-order valence-electron chi connectivity index (χ3n) is 5.41. The molecule has 0 bridgehead atoms. The minimum absolute atomic E-state index is 0.00392. The summed E-state index contributed by atoms with van der Waals surface area (Å²) in [5.41, 5.74) is 1.10. The highest BCUT2D eigenvalue weighted by Crippen LogP contribution is 2.38. The van der Waals surface area contributed by atoms with Gasteiger partial charge in [0.2, 0.25) is 10.0 Å². The summed E-state index contributed by atoms with van der Waals surface area (Å²) in [6.07, 6.45) is 3.77. The second-order valence-electron chi connectivity index (χ2n) is 9.04. The van der Waals surface area contributed by atoms with Crippen LogP contribution >= 0.6 is 0 Å². The van der Waals surface area contributed by atoms with Crippen LogP contribution in [0.3, 0.4) is 0 Å². The average Bonchev–Trinajstić information content (AvgIpc) is 3.21. The molecule has 2 heterocycles. The van der Waals surface area contributed by atoms with E-state index < -0.39 is 21.7 Å². The molecule has 7 nitrogen and oxygen atoms in total. The fourth-order valence-electron chi connectivity index (χ4n) is 4.01. The van der Waals surface area contributed by atoms with Gasteiger partial charge in [-0.3, -0.25) is 0 Å². The zero-order chi connectivity index (χ0) is 22.3. The van der Waals surface area contributed by atoms with Crippen LogP contribution in [0.4, 0.5) is 9.18 Å². The van der Waals surface area contributed by atoms with E-state index >= 15 is 0 Å². The largest absolute Gasteiger partial charge is 0.444 e. The van der Waals surface area contributed by atoms with E-state index in [-0.39, 0.29) is 17.8 Å². The number of rotatable bonds is 5. The van der Waals surface area contributed by atoms with Gasteiger partial charge in [-0.05, 0) is 57.4 Å². The number of H-pyrrole nitrogens is 1. The highest BCUT2D eigenvalue weighted by atomic mass is 32.2. The number of sulfonamides is 1. The number of aromatic nitrogens is 1. The molecule has 1 fully saturated rings. The number of nitrogens with one attached hydrogen (secondary N) is 1. The van der Waals surface area contributed by atoms with Crippen LogP contribution in [0, 0.1) is 5.82 Å². The molecule has 0 spiro atoms.